The Bertz CT molecular complexity index is 3180. The van der Waals surface area contributed by atoms with E-state index in [0.717, 1.165) is 62.6 Å². The number of anilines is 4. The van der Waals surface area contributed by atoms with Gasteiger partial charge in [-0.25, -0.2) is 17.6 Å². The molecule has 10 N–H and O–H groups in total. The summed E-state index contributed by atoms with van der Waals surface area (Å²) in [6.45, 7) is 9.12. The van der Waals surface area contributed by atoms with Gasteiger partial charge in [-0.1, -0.05) is 24.3 Å². The number of nitrogens with two attached hydrogens (primary N) is 2. The van der Waals surface area contributed by atoms with E-state index in [0.29, 0.717) is 51.9 Å². The van der Waals surface area contributed by atoms with Crippen LogP contribution in [0.1, 0.15) is 86.2 Å². The molecule has 11 rings (SSSR count). The first-order valence-corrected chi connectivity index (χ1v) is 24.9. The van der Waals surface area contributed by atoms with E-state index in [-0.39, 0.29) is 78.1 Å². The number of aliphatic hydroxyl groups excluding tert-OH is 4. The Hall–Kier alpha value is -6.86. The minimum absolute atomic E-state index is 0. The Labute approximate surface area is 465 Å². The van der Waals surface area contributed by atoms with E-state index in [9.17, 15) is 29.4 Å². The van der Waals surface area contributed by atoms with Crippen molar-refractivity contribution >= 4 is 78.3 Å². The van der Waals surface area contributed by atoms with Gasteiger partial charge in [-0.15, -0.1) is 0 Å². The van der Waals surface area contributed by atoms with Gasteiger partial charge in [-0.05, 0) is 65.5 Å². The van der Waals surface area contributed by atoms with Crippen molar-refractivity contribution in [3.8, 4) is 0 Å². The first-order chi connectivity index (χ1) is 37.4. The molecule has 25 heteroatoms. The second-order valence-corrected chi connectivity index (χ2v) is 18.8. The smallest absolute Gasteiger partial charge is 0.545 e. The number of piperazine rings is 2. The maximum absolute atomic E-state index is 15.6. The number of halogens is 4. The Morgan fingerprint density at radius 3 is 1.14 bits per heavy atom. The molecule has 20 nitrogen and oxygen atoms in total. The summed E-state index contributed by atoms with van der Waals surface area (Å²) in [5, 5.41) is 58.7. The van der Waals surface area contributed by atoms with Crippen molar-refractivity contribution in [2.45, 2.75) is 89.6 Å². The van der Waals surface area contributed by atoms with Gasteiger partial charge in [0.15, 0.2) is 23.3 Å². The Morgan fingerprint density at radius 1 is 0.557 bits per heavy atom. The molecule has 2 aliphatic heterocycles. The van der Waals surface area contributed by atoms with Gasteiger partial charge in [0.1, 0.15) is 11.4 Å². The molecule has 2 saturated heterocycles. The van der Waals surface area contributed by atoms with Crippen molar-refractivity contribution < 1.29 is 77.3 Å². The van der Waals surface area contributed by atoms with Crippen LogP contribution in [0.25, 0.3) is 43.6 Å². The van der Waals surface area contributed by atoms with Crippen LogP contribution in [-0.4, -0.2) is 130 Å². The van der Waals surface area contributed by atoms with Crippen molar-refractivity contribution in [3.05, 3.63) is 116 Å². The Morgan fingerprint density at radius 2 is 0.861 bits per heavy atom. The molecule has 2 saturated carbocycles. The van der Waals surface area contributed by atoms with E-state index in [4.69, 9.17) is 31.9 Å². The van der Waals surface area contributed by atoms with Gasteiger partial charge < -0.3 is 81.3 Å². The SMILES string of the molecule is CO.CO.CO.CO.C[C@@H]1CN(c2c(F)c(N)c3c(=O)c(C(=O)[O-])cn(C4CC4)c3c2F)C[C@H](C)N1.C[C@@H]1CN(c2c(F)c(N)c3c(=O)c(C(=O)[O-])cn(C4CC4)c3c2F)C[C@H](C)N1.[Zn+2].c1cnc2c(c1)ccc1cccnc12. The molecule has 0 unspecified atom stereocenters. The number of aromatic nitrogens is 4. The monoisotopic (exact) mass is 1150 g/mol. The number of rotatable bonds is 6. The molecule has 3 aromatic carbocycles. The molecule has 0 spiro atoms. The first kappa shape index (κ1) is 64.7. The van der Waals surface area contributed by atoms with Crippen molar-refractivity contribution in [2.75, 3.05) is 75.9 Å². The second kappa shape index (κ2) is 28.3. The Balaban J connectivity index is 0.000000248. The third-order valence-electron chi connectivity index (χ3n) is 13.1. The van der Waals surface area contributed by atoms with E-state index in [1.807, 2.05) is 39.8 Å². The largest absolute Gasteiger partial charge is 2.00 e. The van der Waals surface area contributed by atoms with Crippen LogP contribution >= 0.6 is 0 Å². The van der Waals surface area contributed by atoms with E-state index < -0.39 is 79.3 Å². The zero-order chi connectivity index (χ0) is 58.0. The predicted molar refractivity (Wildman–Crippen MR) is 288 cm³/mol. The summed E-state index contributed by atoms with van der Waals surface area (Å²) in [5.41, 5.74) is 8.49. The van der Waals surface area contributed by atoms with Crippen molar-refractivity contribution in [2.24, 2.45) is 0 Å². The maximum Gasteiger partial charge on any atom is 2.00 e. The normalized spacial score (nSPS) is 18.3. The molecule has 4 fully saturated rings. The van der Waals surface area contributed by atoms with Crippen LogP contribution in [0.5, 0.6) is 0 Å². The van der Waals surface area contributed by atoms with Gasteiger partial charge in [0, 0.05) is 126 Å². The van der Waals surface area contributed by atoms with Crippen LogP contribution in [0.2, 0.25) is 0 Å². The number of aromatic carboxylic acids is 2. The summed E-state index contributed by atoms with van der Waals surface area (Å²) in [6.07, 6.45) is 8.61. The summed E-state index contributed by atoms with van der Waals surface area (Å²) in [4.78, 5) is 59.8. The molecule has 7 aromatic rings. The van der Waals surface area contributed by atoms with Gasteiger partial charge in [-0.3, -0.25) is 19.6 Å². The molecule has 422 valence electrons. The minimum Gasteiger partial charge on any atom is -0.545 e. The fraction of sp³-hybridized carbons (Fsp3) is 0.407. The van der Waals surface area contributed by atoms with Gasteiger partial charge in [0.2, 0.25) is 10.9 Å². The molecule has 6 heterocycles. The molecule has 0 radical (unpaired) electrons. The molecule has 2 aliphatic carbocycles. The number of fused-ring (bicyclic) bond motifs is 5. The van der Waals surface area contributed by atoms with Crippen LogP contribution in [0.3, 0.4) is 0 Å². The van der Waals surface area contributed by atoms with E-state index in [1.165, 1.54) is 9.13 Å². The summed E-state index contributed by atoms with van der Waals surface area (Å²) < 4.78 is 64.4. The van der Waals surface area contributed by atoms with Crippen LogP contribution in [0.4, 0.5) is 40.3 Å². The third kappa shape index (κ3) is 13.6. The Kier molecular flexibility index (Phi) is 23.2. The number of benzene rings is 3. The second-order valence-electron chi connectivity index (χ2n) is 18.8. The first-order valence-electron chi connectivity index (χ1n) is 24.9. The van der Waals surface area contributed by atoms with Crippen LogP contribution in [0.15, 0.2) is 70.8 Å². The predicted octanol–water partition coefficient (Wildman–Crippen LogP) is 2.71. The number of carboxylic acids is 2. The minimum atomic E-state index is -1.70. The number of nitrogens with zero attached hydrogens (tertiary/aromatic N) is 6. The summed E-state index contributed by atoms with van der Waals surface area (Å²) >= 11 is 0. The third-order valence-corrected chi connectivity index (χ3v) is 13.1. The average molecular weight is 1160 g/mol. The van der Waals surface area contributed by atoms with E-state index in [1.54, 1.807) is 22.2 Å². The molecule has 0 bridgehead atoms. The van der Waals surface area contributed by atoms with Gasteiger partial charge >= 0.3 is 19.5 Å². The molecule has 0 amide bonds. The van der Waals surface area contributed by atoms with Crippen molar-refractivity contribution in [1.82, 2.24) is 29.7 Å². The van der Waals surface area contributed by atoms with Crippen LogP contribution in [0, 0.1) is 23.3 Å². The summed E-state index contributed by atoms with van der Waals surface area (Å²) in [7, 11) is 4.00. The van der Waals surface area contributed by atoms with Gasteiger partial charge in [-0.2, -0.15) is 0 Å². The number of carbonyl (C=O) groups is 2. The fourth-order valence-electron chi connectivity index (χ4n) is 9.93. The standard InChI is InChI=1S/2C19H22F2N4O3.C12H8N2.4CH4O.Zn/c2*1-8-5-24(6-9(2)23-8)17-13(20)15(22)12-16(14(17)21)25(10-3-4-10)7-11(18(12)26)19(27)28;1-3-9-5-6-10-4-2-8-14-12(10)11(9)13-7-1;4*1-2;/h2*7-10,23H,3-6,22H2,1-2H3,(H,27,28);1-8H;4*2H,1H3;/q;;;;;;;+2/p-2/t2*8-,9+;;;;;;. The summed E-state index contributed by atoms with van der Waals surface area (Å²) in [5.74, 6) is -7.26. The molecular weight excluding hydrogens is 1090 g/mol. The number of nitrogen functional groups attached to an aromatic ring is 2. The number of carboxylic acid groups (broad SMARTS) is 2. The zero-order valence-electron chi connectivity index (χ0n) is 45.2. The number of hydrogen-bond acceptors (Lipinski definition) is 18. The van der Waals surface area contributed by atoms with Crippen molar-refractivity contribution in [1.29, 1.82) is 0 Å². The number of pyridine rings is 4. The fourth-order valence-corrected chi connectivity index (χ4v) is 9.93. The number of carbonyl (C=O) groups excluding carboxylic acids is 2. The quantitative estimate of drug-likeness (QED) is 0.0514. The maximum atomic E-state index is 15.6. The van der Waals surface area contributed by atoms with E-state index >= 15 is 17.6 Å². The van der Waals surface area contributed by atoms with E-state index in [2.05, 4.69) is 44.9 Å². The molecular formula is C54H66F4N10O10Zn. The van der Waals surface area contributed by atoms with Crippen molar-refractivity contribution in [3.63, 3.8) is 0 Å². The average Bonchev–Trinajstić information content (AvgIpc) is 4.38. The van der Waals surface area contributed by atoms with Crippen LogP contribution in [-0.2, 0) is 19.5 Å². The number of aliphatic hydroxyl groups is 4. The molecule has 4 atom stereocenters. The molecule has 79 heavy (non-hydrogen) atoms. The van der Waals surface area contributed by atoms with Gasteiger partial charge in [0.05, 0.1) is 67.3 Å². The molecule has 4 aliphatic rings. The molecule has 4 aromatic heterocycles. The topological polar surface area (TPSA) is 314 Å². The zero-order valence-corrected chi connectivity index (χ0v) is 48.2. The van der Waals surface area contributed by atoms with Gasteiger partial charge in [0.25, 0.3) is 0 Å². The number of nitrogens with one attached hydrogen (secondary N) is 2. The number of hydrogen-bond donors (Lipinski definition) is 8. The van der Waals surface area contributed by atoms with Crippen LogP contribution < -0.4 is 53.0 Å². The summed E-state index contributed by atoms with van der Waals surface area (Å²) in [6, 6.07) is 11.8.